The molecule has 122 valence electrons. The highest BCUT2D eigenvalue weighted by molar-refractivity contribution is 4.80. The zero-order chi connectivity index (χ0) is 15.4. The summed E-state index contributed by atoms with van der Waals surface area (Å²) < 4.78 is 5.22. The van der Waals surface area contributed by atoms with Gasteiger partial charge in [-0.05, 0) is 6.42 Å². The SMILES string of the molecule is CCCCCCCCOC[C@H](O)[C@@H](O)[C@H](O)[C@H](O)CO. The fourth-order valence-corrected chi connectivity index (χ4v) is 1.85. The summed E-state index contributed by atoms with van der Waals surface area (Å²) in [5.74, 6) is 0. The van der Waals surface area contributed by atoms with Gasteiger partial charge < -0.3 is 30.3 Å². The van der Waals surface area contributed by atoms with Crippen LogP contribution in [0.2, 0.25) is 0 Å². The zero-order valence-corrected chi connectivity index (χ0v) is 12.3. The van der Waals surface area contributed by atoms with Gasteiger partial charge >= 0.3 is 0 Å². The highest BCUT2D eigenvalue weighted by Crippen LogP contribution is 2.07. The molecule has 0 radical (unpaired) electrons. The molecule has 0 saturated carbocycles. The molecular formula is C14H30O6. The van der Waals surface area contributed by atoms with Crippen molar-refractivity contribution in [3.63, 3.8) is 0 Å². The van der Waals surface area contributed by atoms with E-state index >= 15 is 0 Å². The summed E-state index contributed by atoms with van der Waals surface area (Å²) in [6, 6.07) is 0. The number of unbranched alkanes of at least 4 members (excludes halogenated alkanes) is 5. The molecule has 0 aromatic heterocycles. The molecule has 6 nitrogen and oxygen atoms in total. The van der Waals surface area contributed by atoms with E-state index in [4.69, 9.17) is 14.9 Å². The molecule has 0 aromatic rings. The van der Waals surface area contributed by atoms with Crippen molar-refractivity contribution in [1.29, 1.82) is 0 Å². The van der Waals surface area contributed by atoms with E-state index in [9.17, 15) is 15.3 Å². The molecule has 0 heterocycles. The molecule has 0 amide bonds. The van der Waals surface area contributed by atoms with Crippen LogP contribution in [0.3, 0.4) is 0 Å². The average Bonchev–Trinajstić information content (AvgIpc) is 2.47. The molecule has 0 fully saturated rings. The molecule has 0 rings (SSSR count). The zero-order valence-electron chi connectivity index (χ0n) is 12.3. The van der Waals surface area contributed by atoms with Crippen LogP contribution in [0, 0.1) is 0 Å². The standard InChI is InChI=1S/C14H30O6/c1-2-3-4-5-6-7-8-20-10-12(17)14(19)13(18)11(16)9-15/h11-19H,2-10H2,1H3/t11-,12+,13-,14-/m1/s1. The maximum atomic E-state index is 9.58. The summed E-state index contributed by atoms with van der Waals surface area (Å²) in [7, 11) is 0. The Morgan fingerprint density at radius 1 is 0.800 bits per heavy atom. The Hall–Kier alpha value is -0.240. The molecule has 0 aliphatic heterocycles. The second-order valence-corrected chi connectivity index (χ2v) is 5.14. The van der Waals surface area contributed by atoms with Gasteiger partial charge in [-0.2, -0.15) is 0 Å². The third-order valence-electron chi connectivity index (χ3n) is 3.26. The van der Waals surface area contributed by atoms with Crippen LogP contribution in [0.5, 0.6) is 0 Å². The van der Waals surface area contributed by atoms with Gasteiger partial charge in [-0.1, -0.05) is 39.0 Å². The number of hydrogen-bond acceptors (Lipinski definition) is 6. The topological polar surface area (TPSA) is 110 Å². The van der Waals surface area contributed by atoms with E-state index in [1.54, 1.807) is 0 Å². The minimum absolute atomic E-state index is 0.106. The second kappa shape index (κ2) is 12.5. The molecule has 0 aliphatic carbocycles. The number of ether oxygens (including phenoxy) is 1. The summed E-state index contributed by atoms with van der Waals surface area (Å²) in [5.41, 5.74) is 0. The van der Waals surface area contributed by atoms with E-state index in [0.29, 0.717) is 6.61 Å². The Kier molecular flexibility index (Phi) is 12.3. The van der Waals surface area contributed by atoms with E-state index in [1.807, 2.05) is 0 Å². The van der Waals surface area contributed by atoms with E-state index < -0.39 is 31.0 Å². The van der Waals surface area contributed by atoms with Crippen LogP contribution in [0.15, 0.2) is 0 Å². The van der Waals surface area contributed by atoms with E-state index in [-0.39, 0.29) is 6.61 Å². The largest absolute Gasteiger partial charge is 0.394 e. The van der Waals surface area contributed by atoms with Gasteiger partial charge in [-0.3, -0.25) is 0 Å². The fourth-order valence-electron chi connectivity index (χ4n) is 1.85. The lowest BCUT2D eigenvalue weighted by molar-refractivity contribution is -0.129. The molecule has 5 N–H and O–H groups in total. The highest BCUT2D eigenvalue weighted by atomic mass is 16.5. The Balaban J connectivity index is 3.59. The van der Waals surface area contributed by atoms with Crippen LogP contribution in [-0.2, 0) is 4.74 Å². The van der Waals surface area contributed by atoms with Gasteiger partial charge in [0.2, 0.25) is 0 Å². The number of aliphatic hydroxyl groups excluding tert-OH is 5. The van der Waals surface area contributed by atoms with Crippen molar-refractivity contribution in [3.05, 3.63) is 0 Å². The Morgan fingerprint density at radius 2 is 1.35 bits per heavy atom. The third-order valence-corrected chi connectivity index (χ3v) is 3.26. The maximum Gasteiger partial charge on any atom is 0.111 e. The molecule has 0 spiro atoms. The van der Waals surface area contributed by atoms with Gasteiger partial charge in [0.15, 0.2) is 0 Å². The molecule has 0 aromatic carbocycles. The second-order valence-electron chi connectivity index (χ2n) is 5.14. The molecular weight excluding hydrogens is 264 g/mol. The van der Waals surface area contributed by atoms with Crippen molar-refractivity contribution < 1.29 is 30.3 Å². The summed E-state index contributed by atoms with van der Waals surface area (Å²) in [4.78, 5) is 0. The first-order valence-corrected chi connectivity index (χ1v) is 7.45. The average molecular weight is 294 g/mol. The quantitative estimate of drug-likeness (QED) is 0.301. The summed E-state index contributed by atoms with van der Waals surface area (Å²) in [5, 5.41) is 46.3. The van der Waals surface area contributed by atoms with Crippen molar-refractivity contribution in [1.82, 2.24) is 0 Å². The van der Waals surface area contributed by atoms with Gasteiger partial charge in [0.1, 0.15) is 24.4 Å². The number of hydrogen-bond donors (Lipinski definition) is 5. The van der Waals surface area contributed by atoms with E-state index in [1.165, 1.54) is 25.7 Å². The van der Waals surface area contributed by atoms with Gasteiger partial charge in [-0.25, -0.2) is 0 Å². The van der Waals surface area contributed by atoms with Gasteiger partial charge in [0.05, 0.1) is 13.2 Å². The summed E-state index contributed by atoms with van der Waals surface area (Å²) >= 11 is 0. The van der Waals surface area contributed by atoms with Crippen LogP contribution >= 0.6 is 0 Å². The van der Waals surface area contributed by atoms with Gasteiger partial charge in [0.25, 0.3) is 0 Å². The van der Waals surface area contributed by atoms with Crippen molar-refractivity contribution in [2.45, 2.75) is 69.9 Å². The third kappa shape index (κ3) is 8.84. The van der Waals surface area contributed by atoms with Crippen molar-refractivity contribution in [2.75, 3.05) is 19.8 Å². The minimum Gasteiger partial charge on any atom is -0.394 e. The normalized spacial score (nSPS) is 17.7. The maximum absolute atomic E-state index is 9.58. The van der Waals surface area contributed by atoms with E-state index in [2.05, 4.69) is 6.92 Å². The molecule has 0 aliphatic rings. The van der Waals surface area contributed by atoms with Crippen LogP contribution in [0.4, 0.5) is 0 Å². The number of rotatable bonds is 13. The van der Waals surface area contributed by atoms with Crippen LogP contribution in [-0.4, -0.2) is 69.8 Å². The number of aliphatic hydroxyl groups is 5. The molecule has 0 saturated heterocycles. The lowest BCUT2D eigenvalue weighted by Gasteiger charge is -2.25. The first kappa shape index (κ1) is 19.8. The molecule has 4 atom stereocenters. The van der Waals surface area contributed by atoms with Crippen LogP contribution < -0.4 is 0 Å². The van der Waals surface area contributed by atoms with Crippen LogP contribution in [0.25, 0.3) is 0 Å². The van der Waals surface area contributed by atoms with E-state index in [0.717, 1.165) is 12.8 Å². The highest BCUT2D eigenvalue weighted by Gasteiger charge is 2.29. The minimum atomic E-state index is -1.59. The fraction of sp³-hybridized carbons (Fsp3) is 1.00. The summed E-state index contributed by atoms with van der Waals surface area (Å²) in [6.07, 6.45) is 0.935. The van der Waals surface area contributed by atoms with Crippen LogP contribution in [0.1, 0.15) is 45.4 Å². The molecule has 6 heteroatoms. The Labute approximate surface area is 121 Å². The smallest absolute Gasteiger partial charge is 0.111 e. The molecule has 20 heavy (non-hydrogen) atoms. The first-order chi connectivity index (χ1) is 9.54. The van der Waals surface area contributed by atoms with Crippen molar-refractivity contribution in [2.24, 2.45) is 0 Å². The van der Waals surface area contributed by atoms with Gasteiger partial charge in [0, 0.05) is 6.61 Å². The first-order valence-electron chi connectivity index (χ1n) is 7.45. The molecule has 0 bridgehead atoms. The molecule has 0 unspecified atom stereocenters. The lowest BCUT2D eigenvalue weighted by atomic mass is 10.0. The van der Waals surface area contributed by atoms with Crippen molar-refractivity contribution >= 4 is 0 Å². The lowest BCUT2D eigenvalue weighted by Crippen LogP contribution is -2.47. The Bertz CT molecular complexity index is 214. The Morgan fingerprint density at radius 3 is 1.95 bits per heavy atom. The van der Waals surface area contributed by atoms with Gasteiger partial charge in [-0.15, -0.1) is 0 Å². The summed E-state index contributed by atoms with van der Waals surface area (Å²) in [6.45, 7) is 1.88. The predicted octanol–water partition coefficient (Wildman–Crippen LogP) is -0.201. The van der Waals surface area contributed by atoms with Crippen molar-refractivity contribution in [3.8, 4) is 0 Å². The predicted molar refractivity (Wildman–Crippen MR) is 75.3 cm³/mol. The monoisotopic (exact) mass is 294 g/mol.